The van der Waals surface area contributed by atoms with E-state index >= 15 is 0 Å². The van der Waals surface area contributed by atoms with Gasteiger partial charge < -0.3 is 5.11 Å². The van der Waals surface area contributed by atoms with E-state index in [1.165, 1.54) is 0 Å². The highest BCUT2D eigenvalue weighted by Gasteiger charge is 2.11. The van der Waals surface area contributed by atoms with Gasteiger partial charge in [-0.25, -0.2) is 4.68 Å². The minimum atomic E-state index is -0.583. The molecule has 0 amide bonds. The molecule has 0 aliphatic carbocycles. The molecule has 1 atom stereocenters. The number of aromatic nitrogens is 3. The number of hydrogen-bond donors (Lipinski definition) is 1. The third-order valence-electron chi connectivity index (χ3n) is 2.67. The van der Waals surface area contributed by atoms with Crippen LogP contribution in [0.5, 0.6) is 0 Å². The van der Waals surface area contributed by atoms with Gasteiger partial charge in [0, 0.05) is 15.6 Å². The zero-order chi connectivity index (χ0) is 13.1. The summed E-state index contributed by atoms with van der Waals surface area (Å²) in [6, 6.07) is 5.35. The maximum atomic E-state index is 9.65. The first-order valence-corrected chi connectivity index (χ1v) is 6.38. The molecule has 0 aliphatic rings. The van der Waals surface area contributed by atoms with Crippen LogP contribution in [0.2, 0.25) is 10.0 Å². The van der Waals surface area contributed by atoms with Crippen LogP contribution >= 0.6 is 23.2 Å². The van der Waals surface area contributed by atoms with Gasteiger partial charge in [-0.15, -0.1) is 5.10 Å². The maximum Gasteiger partial charge on any atom is 0.111 e. The third kappa shape index (κ3) is 2.83. The summed E-state index contributed by atoms with van der Waals surface area (Å²) >= 11 is 12.2. The Morgan fingerprint density at radius 3 is 2.61 bits per heavy atom. The van der Waals surface area contributed by atoms with Crippen LogP contribution in [0.1, 0.15) is 30.7 Å². The lowest BCUT2D eigenvalue weighted by atomic mass is 10.2. The summed E-state index contributed by atoms with van der Waals surface area (Å²) in [5, 5.41) is 18.7. The summed E-state index contributed by atoms with van der Waals surface area (Å²) in [6.45, 7) is 2.32. The van der Waals surface area contributed by atoms with Crippen molar-refractivity contribution in [2.75, 3.05) is 0 Å². The first kappa shape index (κ1) is 13.3. The first-order chi connectivity index (χ1) is 8.61. The number of benzene rings is 1. The lowest BCUT2D eigenvalue weighted by Crippen LogP contribution is -2.02. The molecular formula is C12H13Cl2N3O. The summed E-state index contributed by atoms with van der Waals surface area (Å²) in [6.07, 6.45) is 1.72. The van der Waals surface area contributed by atoms with E-state index in [1.807, 2.05) is 6.92 Å². The van der Waals surface area contributed by atoms with Gasteiger partial charge in [-0.05, 0) is 18.6 Å². The molecule has 1 heterocycles. The molecule has 4 nitrogen and oxygen atoms in total. The summed E-state index contributed by atoms with van der Waals surface area (Å²) in [5.74, 6) is 0. The summed E-state index contributed by atoms with van der Waals surface area (Å²) in [7, 11) is 0. The molecule has 0 bridgehead atoms. The highest BCUT2D eigenvalue weighted by atomic mass is 35.5. The van der Waals surface area contributed by atoms with Crippen molar-refractivity contribution < 1.29 is 5.11 Å². The smallest absolute Gasteiger partial charge is 0.111 e. The van der Waals surface area contributed by atoms with E-state index < -0.39 is 6.10 Å². The number of hydrogen-bond acceptors (Lipinski definition) is 3. The number of rotatable bonds is 4. The highest BCUT2D eigenvalue weighted by Crippen LogP contribution is 2.25. The molecule has 96 valence electrons. The van der Waals surface area contributed by atoms with Gasteiger partial charge >= 0.3 is 0 Å². The molecular weight excluding hydrogens is 273 g/mol. The van der Waals surface area contributed by atoms with Gasteiger partial charge in [0.2, 0.25) is 0 Å². The predicted octanol–water partition coefficient (Wildman–Crippen LogP) is 3.08. The monoisotopic (exact) mass is 285 g/mol. The first-order valence-electron chi connectivity index (χ1n) is 5.62. The summed E-state index contributed by atoms with van der Waals surface area (Å²) in [5.41, 5.74) is 1.35. The van der Waals surface area contributed by atoms with Crippen LogP contribution in [0.4, 0.5) is 0 Å². The minimum Gasteiger partial charge on any atom is -0.387 e. The van der Waals surface area contributed by atoms with Crippen LogP contribution in [0.3, 0.4) is 0 Å². The number of aliphatic hydroxyl groups excluding tert-OH is 1. The van der Waals surface area contributed by atoms with Gasteiger partial charge in [0.15, 0.2) is 0 Å². The molecule has 0 spiro atoms. The second-order valence-corrected chi connectivity index (χ2v) is 4.78. The summed E-state index contributed by atoms with van der Waals surface area (Å²) < 4.78 is 1.61. The van der Waals surface area contributed by atoms with Crippen molar-refractivity contribution >= 4 is 23.2 Å². The van der Waals surface area contributed by atoms with Crippen molar-refractivity contribution in [3.8, 4) is 0 Å². The highest BCUT2D eigenvalue weighted by molar-refractivity contribution is 6.35. The topological polar surface area (TPSA) is 50.9 Å². The van der Waals surface area contributed by atoms with Gasteiger partial charge in [0.1, 0.15) is 5.69 Å². The SMILES string of the molecule is CCC(O)c1cn(Cc2c(Cl)cccc2Cl)nn1. The van der Waals surface area contributed by atoms with E-state index in [0.29, 0.717) is 28.7 Å². The Hall–Kier alpha value is -1.10. The molecule has 1 aromatic carbocycles. The molecule has 0 fully saturated rings. The van der Waals surface area contributed by atoms with Gasteiger partial charge in [-0.2, -0.15) is 0 Å². The van der Waals surface area contributed by atoms with E-state index in [1.54, 1.807) is 29.1 Å². The Kier molecular flexibility index (Phi) is 4.22. The molecule has 1 unspecified atom stereocenters. The van der Waals surface area contributed by atoms with Gasteiger partial charge in [-0.3, -0.25) is 0 Å². The van der Waals surface area contributed by atoms with Gasteiger partial charge in [0.05, 0.1) is 18.8 Å². The summed E-state index contributed by atoms with van der Waals surface area (Å²) in [4.78, 5) is 0. The number of nitrogens with zero attached hydrogens (tertiary/aromatic N) is 3. The van der Waals surface area contributed by atoms with E-state index in [4.69, 9.17) is 23.2 Å². The van der Waals surface area contributed by atoms with E-state index in [-0.39, 0.29) is 0 Å². The average Bonchev–Trinajstić information content (AvgIpc) is 2.81. The second-order valence-electron chi connectivity index (χ2n) is 3.97. The molecule has 0 radical (unpaired) electrons. The molecule has 0 aliphatic heterocycles. The molecule has 0 saturated heterocycles. The fraction of sp³-hybridized carbons (Fsp3) is 0.333. The Balaban J connectivity index is 2.21. The maximum absolute atomic E-state index is 9.65. The van der Waals surface area contributed by atoms with Crippen molar-refractivity contribution in [3.05, 3.63) is 45.7 Å². The van der Waals surface area contributed by atoms with E-state index in [0.717, 1.165) is 5.56 Å². The standard InChI is InChI=1S/C12H13Cl2N3O/c1-2-12(18)11-7-17(16-15-11)6-8-9(13)4-3-5-10(8)14/h3-5,7,12,18H,2,6H2,1H3. The molecule has 18 heavy (non-hydrogen) atoms. The lowest BCUT2D eigenvalue weighted by Gasteiger charge is -2.06. The van der Waals surface area contributed by atoms with Gasteiger partial charge in [0.25, 0.3) is 0 Å². The lowest BCUT2D eigenvalue weighted by molar-refractivity contribution is 0.168. The Morgan fingerprint density at radius 1 is 1.33 bits per heavy atom. The van der Waals surface area contributed by atoms with Crippen molar-refractivity contribution in [3.63, 3.8) is 0 Å². The van der Waals surface area contributed by atoms with Crippen molar-refractivity contribution in [1.82, 2.24) is 15.0 Å². The third-order valence-corrected chi connectivity index (χ3v) is 3.37. The second kappa shape index (κ2) is 5.69. The predicted molar refractivity (Wildman–Crippen MR) is 70.8 cm³/mol. The fourth-order valence-electron chi connectivity index (χ4n) is 1.60. The molecule has 1 N–H and O–H groups in total. The van der Waals surface area contributed by atoms with Gasteiger partial charge in [-0.1, -0.05) is 41.4 Å². The number of halogens is 2. The van der Waals surface area contributed by atoms with Crippen molar-refractivity contribution in [2.45, 2.75) is 26.0 Å². The van der Waals surface area contributed by atoms with Crippen LogP contribution < -0.4 is 0 Å². The largest absolute Gasteiger partial charge is 0.387 e. The Labute approximate surface area is 115 Å². The number of aliphatic hydroxyl groups is 1. The zero-order valence-corrected chi connectivity index (χ0v) is 11.4. The van der Waals surface area contributed by atoms with E-state index in [2.05, 4.69) is 10.3 Å². The normalized spacial score (nSPS) is 12.7. The Bertz CT molecular complexity index is 522. The van der Waals surface area contributed by atoms with Crippen molar-refractivity contribution in [1.29, 1.82) is 0 Å². The molecule has 6 heteroatoms. The average molecular weight is 286 g/mol. The molecule has 1 aromatic heterocycles. The Morgan fingerprint density at radius 2 is 2.00 bits per heavy atom. The fourth-order valence-corrected chi connectivity index (χ4v) is 2.11. The van der Waals surface area contributed by atoms with E-state index in [9.17, 15) is 5.11 Å². The van der Waals surface area contributed by atoms with Crippen LogP contribution in [0.15, 0.2) is 24.4 Å². The van der Waals surface area contributed by atoms with Crippen LogP contribution in [0.25, 0.3) is 0 Å². The quantitative estimate of drug-likeness (QED) is 0.939. The minimum absolute atomic E-state index is 0.432. The van der Waals surface area contributed by atoms with Crippen molar-refractivity contribution in [2.24, 2.45) is 0 Å². The van der Waals surface area contributed by atoms with Crippen LogP contribution in [-0.2, 0) is 6.54 Å². The van der Waals surface area contributed by atoms with Crippen LogP contribution in [0, 0.1) is 0 Å². The molecule has 2 rings (SSSR count). The van der Waals surface area contributed by atoms with Crippen LogP contribution in [-0.4, -0.2) is 20.1 Å². The molecule has 0 saturated carbocycles. The zero-order valence-electron chi connectivity index (χ0n) is 9.85. The molecule has 2 aromatic rings.